The van der Waals surface area contributed by atoms with Crippen LogP contribution in [0.25, 0.3) is 0 Å². The highest BCUT2D eigenvalue weighted by molar-refractivity contribution is 5.29. The first-order chi connectivity index (χ1) is 9.83. The molecular weight excluding hydrogens is 244 g/mol. The topological polar surface area (TPSA) is 30.9 Å². The Morgan fingerprint density at radius 3 is 2.75 bits per heavy atom. The summed E-state index contributed by atoms with van der Waals surface area (Å²) in [6.07, 6.45) is 11.9. The molecule has 106 valence electrons. The minimum atomic E-state index is 0.268. The molecule has 1 aromatic heterocycles. The second kappa shape index (κ2) is 6.27. The highest BCUT2D eigenvalue weighted by Gasteiger charge is 2.18. The zero-order chi connectivity index (χ0) is 13.8. The number of aromatic nitrogens is 1. The number of unbranched alkanes of at least 4 members (excludes halogenated alkanes) is 1. The lowest BCUT2D eigenvalue weighted by Gasteiger charge is -2.17. The van der Waals surface area contributed by atoms with Crippen molar-refractivity contribution in [2.45, 2.75) is 51.1 Å². The lowest BCUT2D eigenvalue weighted by Crippen LogP contribution is -2.15. The van der Waals surface area contributed by atoms with Crippen molar-refractivity contribution in [3.8, 4) is 0 Å². The van der Waals surface area contributed by atoms with Gasteiger partial charge in [-0.1, -0.05) is 30.3 Å². The second-order valence-corrected chi connectivity index (χ2v) is 5.92. The van der Waals surface area contributed by atoms with Crippen LogP contribution in [-0.4, -0.2) is 4.57 Å². The van der Waals surface area contributed by atoms with E-state index in [-0.39, 0.29) is 6.04 Å². The lowest BCUT2D eigenvalue weighted by molar-refractivity contribution is 0.572. The third-order valence-electron chi connectivity index (χ3n) is 4.33. The summed E-state index contributed by atoms with van der Waals surface area (Å²) >= 11 is 0. The molecule has 2 heteroatoms. The molecule has 20 heavy (non-hydrogen) atoms. The van der Waals surface area contributed by atoms with Crippen molar-refractivity contribution in [3.63, 3.8) is 0 Å². The average molecular weight is 268 g/mol. The molecule has 3 rings (SSSR count). The van der Waals surface area contributed by atoms with Crippen molar-refractivity contribution in [3.05, 3.63) is 59.4 Å². The number of rotatable bonds is 5. The Labute approximate surface area is 121 Å². The molecule has 2 nitrogen and oxygen atoms in total. The third kappa shape index (κ3) is 3.13. The molecule has 0 saturated heterocycles. The van der Waals surface area contributed by atoms with Crippen LogP contribution in [-0.2, 0) is 19.4 Å². The first-order valence-corrected chi connectivity index (χ1v) is 7.81. The zero-order valence-electron chi connectivity index (χ0n) is 12.1. The van der Waals surface area contributed by atoms with Gasteiger partial charge in [-0.15, -0.1) is 0 Å². The van der Waals surface area contributed by atoms with Crippen molar-refractivity contribution in [1.29, 1.82) is 0 Å². The number of nitrogens with zero attached hydrogens (tertiary/aromatic N) is 1. The van der Waals surface area contributed by atoms with Gasteiger partial charge >= 0.3 is 0 Å². The van der Waals surface area contributed by atoms with Crippen molar-refractivity contribution in [1.82, 2.24) is 4.57 Å². The smallest absolute Gasteiger partial charge is 0.0312 e. The minimum Gasteiger partial charge on any atom is -0.354 e. The van der Waals surface area contributed by atoms with E-state index in [1.807, 2.05) is 0 Å². The minimum absolute atomic E-state index is 0.268. The Hall–Kier alpha value is -1.54. The molecule has 2 aromatic rings. The van der Waals surface area contributed by atoms with Crippen molar-refractivity contribution in [2.75, 3.05) is 0 Å². The summed E-state index contributed by atoms with van der Waals surface area (Å²) in [6, 6.07) is 11.0. The van der Waals surface area contributed by atoms with E-state index in [1.54, 1.807) is 0 Å². The van der Waals surface area contributed by atoms with Gasteiger partial charge in [0.25, 0.3) is 0 Å². The van der Waals surface area contributed by atoms with Crippen LogP contribution < -0.4 is 5.73 Å². The maximum atomic E-state index is 6.18. The maximum Gasteiger partial charge on any atom is 0.0312 e. The summed E-state index contributed by atoms with van der Waals surface area (Å²) in [5, 5.41) is 0. The number of nitrogens with two attached hydrogens (primary N) is 1. The summed E-state index contributed by atoms with van der Waals surface area (Å²) in [7, 11) is 0. The predicted octanol–water partition coefficient (Wildman–Crippen LogP) is 3.85. The maximum absolute atomic E-state index is 6.18. The van der Waals surface area contributed by atoms with E-state index in [2.05, 4.69) is 47.3 Å². The molecule has 1 aromatic carbocycles. The number of fused-ring (bicyclic) bond motifs is 1. The van der Waals surface area contributed by atoms with Crippen LogP contribution in [0.4, 0.5) is 0 Å². The van der Waals surface area contributed by atoms with Gasteiger partial charge in [-0.25, -0.2) is 0 Å². The number of benzene rings is 1. The molecule has 1 unspecified atom stereocenters. The molecule has 0 radical (unpaired) electrons. The van der Waals surface area contributed by atoms with Crippen LogP contribution in [0.5, 0.6) is 0 Å². The van der Waals surface area contributed by atoms with Crippen molar-refractivity contribution < 1.29 is 0 Å². The average Bonchev–Trinajstić information content (AvgIpc) is 2.89. The lowest BCUT2D eigenvalue weighted by atomic mass is 9.92. The SMILES string of the molecule is NC1CCCc2cn(CCCCc3ccccc3)cc21. The molecule has 1 aliphatic carbocycles. The van der Waals surface area contributed by atoms with E-state index < -0.39 is 0 Å². The van der Waals surface area contributed by atoms with E-state index in [0.29, 0.717) is 0 Å². The Balaban J connectivity index is 1.49. The molecular formula is C18H24N2. The largest absolute Gasteiger partial charge is 0.354 e. The first-order valence-electron chi connectivity index (χ1n) is 7.81. The monoisotopic (exact) mass is 268 g/mol. The highest BCUT2D eigenvalue weighted by Crippen LogP contribution is 2.28. The molecule has 0 bridgehead atoms. The third-order valence-corrected chi connectivity index (χ3v) is 4.33. The molecule has 2 N–H and O–H groups in total. The van der Waals surface area contributed by atoms with Crippen LogP contribution in [0.15, 0.2) is 42.7 Å². The molecule has 1 atom stereocenters. The van der Waals surface area contributed by atoms with Gasteiger partial charge in [0, 0.05) is 25.0 Å². The van der Waals surface area contributed by atoms with Crippen LogP contribution in [0.3, 0.4) is 0 Å². The van der Waals surface area contributed by atoms with Gasteiger partial charge < -0.3 is 10.3 Å². The number of aryl methyl sites for hydroxylation is 3. The zero-order valence-corrected chi connectivity index (χ0v) is 12.1. The fraction of sp³-hybridized carbons (Fsp3) is 0.444. The molecule has 0 amide bonds. The van der Waals surface area contributed by atoms with Gasteiger partial charge in [-0.2, -0.15) is 0 Å². The molecule has 1 heterocycles. The van der Waals surface area contributed by atoms with E-state index >= 15 is 0 Å². The Morgan fingerprint density at radius 1 is 1.10 bits per heavy atom. The summed E-state index contributed by atoms with van der Waals surface area (Å²) in [6.45, 7) is 1.12. The summed E-state index contributed by atoms with van der Waals surface area (Å²) in [4.78, 5) is 0. The Kier molecular flexibility index (Phi) is 4.22. The second-order valence-electron chi connectivity index (χ2n) is 5.92. The standard InChI is InChI=1S/C18H24N2/c19-18-11-6-10-16-13-20(14-17(16)18)12-5-4-9-15-7-2-1-3-8-15/h1-3,7-8,13-14,18H,4-6,9-12,19H2. The predicted molar refractivity (Wildman–Crippen MR) is 83.7 cm³/mol. The van der Waals surface area contributed by atoms with Gasteiger partial charge in [0.2, 0.25) is 0 Å². The highest BCUT2D eigenvalue weighted by atomic mass is 14.9. The van der Waals surface area contributed by atoms with Crippen LogP contribution in [0.2, 0.25) is 0 Å². The fourth-order valence-electron chi connectivity index (χ4n) is 3.18. The quantitative estimate of drug-likeness (QED) is 0.820. The molecule has 0 saturated carbocycles. The van der Waals surface area contributed by atoms with Gasteiger partial charge in [-0.3, -0.25) is 0 Å². The van der Waals surface area contributed by atoms with Gasteiger partial charge in [0.1, 0.15) is 0 Å². The van der Waals surface area contributed by atoms with E-state index in [0.717, 1.165) is 13.0 Å². The van der Waals surface area contributed by atoms with E-state index in [9.17, 15) is 0 Å². The Bertz CT molecular complexity index is 542. The van der Waals surface area contributed by atoms with Gasteiger partial charge in [0.05, 0.1) is 0 Å². The first kappa shape index (κ1) is 13.4. The number of hydrogen-bond donors (Lipinski definition) is 1. The van der Waals surface area contributed by atoms with Crippen LogP contribution >= 0.6 is 0 Å². The van der Waals surface area contributed by atoms with Crippen LogP contribution in [0, 0.1) is 0 Å². The summed E-state index contributed by atoms with van der Waals surface area (Å²) in [5.74, 6) is 0. The van der Waals surface area contributed by atoms with E-state index in [1.165, 1.54) is 48.8 Å². The molecule has 0 spiro atoms. The van der Waals surface area contributed by atoms with Crippen LogP contribution in [0.1, 0.15) is 48.4 Å². The molecule has 1 aliphatic rings. The number of hydrogen-bond acceptors (Lipinski definition) is 1. The molecule has 0 aliphatic heterocycles. The Morgan fingerprint density at radius 2 is 1.95 bits per heavy atom. The van der Waals surface area contributed by atoms with Gasteiger partial charge in [-0.05, 0) is 55.2 Å². The van der Waals surface area contributed by atoms with Crippen molar-refractivity contribution in [2.24, 2.45) is 5.73 Å². The normalized spacial score (nSPS) is 17.9. The summed E-state index contributed by atoms with van der Waals surface area (Å²) < 4.78 is 2.35. The van der Waals surface area contributed by atoms with E-state index in [4.69, 9.17) is 5.73 Å². The van der Waals surface area contributed by atoms with Crippen molar-refractivity contribution >= 4 is 0 Å². The summed E-state index contributed by atoms with van der Waals surface area (Å²) in [5.41, 5.74) is 10.5. The fourth-order valence-corrected chi connectivity index (χ4v) is 3.18. The molecule has 0 fully saturated rings. The van der Waals surface area contributed by atoms with Gasteiger partial charge in [0.15, 0.2) is 0 Å².